The Morgan fingerprint density at radius 3 is 2.88 bits per heavy atom. The molecule has 25 heavy (non-hydrogen) atoms. The van der Waals surface area contributed by atoms with Crippen molar-refractivity contribution in [2.75, 3.05) is 19.5 Å². The van der Waals surface area contributed by atoms with E-state index in [1.165, 1.54) is 18.0 Å². The van der Waals surface area contributed by atoms with Crippen molar-refractivity contribution < 1.29 is 33.5 Å². The Kier molecular flexibility index (Phi) is 4.64. The Morgan fingerprint density at radius 1 is 1.52 bits per heavy atom. The number of rotatable bonds is 5. The summed E-state index contributed by atoms with van der Waals surface area (Å²) in [6.45, 7) is -0.515. The van der Waals surface area contributed by atoms with Crippen LogP contribution in [0.5, 0.6) is 0 Å². The van der Waals surface area contributed by atoms with Crippen molar-refractivity contribution in [3.05, 3.63) is 16.7 Å². The number of phosphoric ester groups is 1. The van der Waals surface area contributed by atoms with Crippen molar-refractivity contribution >= 4 is 24.9 Å². The van der Waals surface area contributed by atoms with Crippen molar-refractivity contribution in [2.24, 2.45) is 0 Å². The fourth-order valence-electron chi connectivity index (χ4n) is 2.67. The number of fused-ring (bicyclic) bond motifs is 1. The lowest BCUT2D eigenvalue weighted by Crippen LogP contribution is -2.35. The van der Waals surface area contributed by atoms with Gasteiger partial charge in [-0.1, -0.05) is 0 Å². The highest BCUT2D eigenvalue weighted by atomic mass is 31.2. The summed E-state index contributed by atoms with van der Waals surface area (Å²) < 4.78 is 27.3. The van der Waals surface area contributed by atoms with E-state index in [1.807, 2.05) is 0 Å². The molecule has 0 bridgehead atoms. The van der Waals surface area contributed by atoms with Gasteiger partial charge >= 0.3 is 7.82 Å². The van der Waals surface area contributed by atoms with Gasteiger partial charge in [0, 0.05) is 7.11 Å². The van der Waals surface area contributed by atoms with E-state index >= 15 is 0 Å². The van der Waals surface area contributed by atoms with Crippen LogP contribution in [-0.4, -0.2) is 66.4 Å². The molecule has 3 heterocycles. The van der Waals surface area contributed by atoms with Crippen LogP contribution in [0.4, 0.5) is 5.95 Å². The van der Waals surface area contributed by atoms with Crippen LogP contribution in [0, 0.1) is 0 Å². The number of nitrogens with zero attached hydrogens (tertiary/aromatic N) is 3. The molecule has 3 rings (SSSR count). The third-order valence-corrected chi connectivity index (χ3v) is 4.20. The number of H-pyrrole nitrogens is 1. The Morgan fingerprint density at radius 2 is 2.24 bits per heavy atom. The molecule has 14 heteroatoms. The predicted molar refractivity (Wildman–Crippen MR) is 81.3 cm³/mol. The van der Waals surface area contributed by atoms with E-state index in [4.69, 9.17) is 25.0 Å². The van der Waals surface area contributed by atoms with Crippen LogP contribution in [0.2, 0.25) is 0 Å². The molecule has 0 spiro atoms. The number of nitrogens with one attached hydrogen (secondary N) is 1. The largest absolute Gasteiger partial charge is 0.469 e. The van der Waals surface area contributed by atoms with Crippen molar-refractivity contribution in [1.82, 2.24) is 19.5 Å². The Hall–Kier alpha value is -1.86. The monoisotopic (exact) mass is 377 g/mol. The first-order valence-corrected chi connectivity index (χ1v) is 8.53. The van der Waals surface area contributed by atoms with E-state index in [1.54, 1.807) is 0 Å². The van der Waals surface area contributed by atoms with Crippen LogP contribution in [0.15, 0.2) is 11.1 Å². The Labute approximate surface area is 139 Å². The van der Waals surface area contributed by atoms with Crippen LogP contribution in [0.1, 0.15) is 6.23 Å². The molecule has 1 unspecified atom stereocenters. The maximum Gasteiger partial charge on any atom is 0.469 e. The number of aliphatic hydroxyl groups is 1. The molecule has 2 aromatic heterocycles. The van der Waals surface area contributed by atoms with Gasteiger partial charge in [-0.15, -0.1) is 0 Å². The first kappa shape index (κ1) is 17.9. The summed E-state index contributed by atoms with van der Waals surface area (Å²) in [7, 11) is -3.41. The molecule has 1 saturated heterocycles. The summed E-state index contributed by atoms with van der Waals surface area (Å²) in [5.74, 6) is -0.142. The molecule has 1 fully saturated rings. The number of nitrogen functional groups attached to an aromatic ring is 1. The lowest BCUT2D eigenvalue weighted by molar-refractivity contribution is -0.0527. The second kappa shape index (κ2) is 6.46. The molecule has 6 N–H and O–H groups in total. The maximum absolute atomic E-state index is 11.8. The van der Waals surface area contributed by atoms with Gasteiger partial charge in [-0.3, -0.25) is 18.9 Å². The summed E-state index contributed by atoms with van der Waals surface area (Å²) in [5, 5.41) is 10.4. The topological polar surface area (TPSA) is 195 Å². The molecule has 2 aromatic rings. The van der Waals surface area contributed by atoms with Gasteiger partial charge in [0.2, 0.25) is 5.95 Å². The molecule has 4 atom stereocenters. The number of aromatic amines is 1. The number of phosphoric acid groups is 1. The van der Waals surface area contributed by atoms with Gasteiger partial charge in [0.25, 0.3) is 5.56 Å². The molecule has 0 aliphatic carbocycles. The van der Waals surface area contributed by atoms with Crippen LogP contribution in [-0.2, 0) is 18.6 Å². The van der Waals surface area contributed by atoms with Gasteiger partial charge in [0.1, 0.15) is 18.3 Å². The normalized spacial score (nSPS) is 27.2. The molecule has 0 saturated carbocycles. The van der Waals surface area contributed by atoms with E-state index in [0.29, 0.717) is 0 Å². The average Bonchev–Trinajstić information content (AvgIpc) is 3.05. The molecular weight excluding hydrogens is 361 g/mol. The minimum absolute atomic E-state index is 0.00566. The maximum atomic E-state index is 11.8. The number of hydrogen-bond donors (Lipinski definition) is 5. The molecule has 0 radical (unpaired) electrons. The number of anilines is 1. The molecule has 0 aromatic carbocycles. The third-order valence-electron chi connectivity index (χ3n) is 3.71. The summed E-state index contributed by atoms with van der Waals surface area (Å²) in [5.41, 5.74) is 5.04. The van der Waals surface area contributed by atoms with Gasteiger partial charge in [0.05, 0.1) is 12.9 Å². The molecule has 138 valence electrons. The smallest absolute Gasteiger partial charge is 0.386 e. The van der Waals surface area contributed by atoms with Crippen molar-refractivity contribution in [1.29, 1.82) is 0 Å². The Bertz CT molecular complexity index is 877. The van der Waals surface area contributed by atoms with E-state index in [2.05, 4.69) is 19.5 Å². The van der Waals surface area contributed by atoms with E-state index in [0.717, 1.165) is 0 Å². The first-order chi connectivity index (χ1) is 11.7. The molecule has 1 aliphatic heterocycles. The summed E-state index contributed by atoms with van der Waals surface area (Å²) in [6, 6.07) is 0. The lowest BCUT2D eigenvalue weighted by Gasteiger charge is -2.18. The SMILES string of the molecule is COC1[C@H](COP(=O)(O)O)O[C@H](n2cnc3c(=O)[nH]c(N)nc32)[C@@H]1O. The molecule has 1 aliphatic rings. The summed E-state index contributed by atoms with van der Waals surface area (Å²) >= 11 is 0. The molecular formula is C11H16N5O8P. The number of hydrogen-bond acceptors (Lipinski definition) is 9. The van der Waals surface area contributed by atoms with Crippen molar-refractivity contribution in [3.63, 3.8) is 0 Å². The standard InChI is InChI=1S/C11H16N5O8P/c1-22-7-4(2-23-25(19,20)21)24-10(6(7)17)16-3-13-5-8(16)14-11(12)15-9(5)18/h3-4,6-7,10,17H,2H2,1H3,(H2,19,20,21)(H3,12,14,15,18)/t4-,6+,7?,10-/m0/s1. The van der Waals surface area contributed by atoms with Crippen LogP contribution < -0.4 is 11.3 Å². The fourth-order valence-corrected chi connectivity index (χ4v) is 3.02. The minimum atomic E-state index is -4.72. The molecule has 13 nitrogen and oxygen atoms in total. The number of aliphatic hydroxyl groups excluding tert-OH is 1. The fraction of sp³-hybridized carbons (Fsp3) is 0.545. The van der Waals surface area contributed by atoms with Gasteiger partial charge in [0.15, 0.2) is 17.4 Å². The predicted octanol–water partition coefficient (Wildman–Crippen LogP) is -1.92. The molecule has 0 amide bonds. The number of nitrogens with two attached hydrogens (primary N) is 1. The first-order valence-electron chi connectivity index (χ1n) is 7.00. The van der Waals surface area contributed by atoms with Gasteiger partial charge in [-0.05, 0) is 0 Å². The Balaban J connectivity index is 1.93. The van der Waals surface area contributed by atoms with E-state index in [9.17, 15) is 14.5 Å². The second-order valence-electron chi connectivity index (χ2n) is 5.32. The van der Waals surface area contributed by atoms with E-state index in [-0.39, 0.29) is 17.1 Å². The highest BCUT2D eigenvalue weighted by molar-refractivity contribution is 7.46. The second-order valence-corrected chi connectivity index (χ2v) is 6.56. The number of aromatic nitrogens is 4. The quantitative estimate of drug-likeness (QED) is 0.364. The van der Waals surface area contributed by atoms with E-state index < -0.39 is 44.5 Å². The zero-order chi connectivity index (χ0) is 18.4. The van der Waals surface area contributed by atoms with Crippen LogP contribution in [0.25, 0.3) is 11.2 Å². The van der Waals surface area contributed by atoms with Crippen molar-refractivity contribution in [2.45, 2.75) is 24.5 Å². The van der Waals surface area contributed by atoms with Crippen LogP contribution in [0.3, 0.4) is 0 Å². The lowest BCUT2D eigenvalue weighted by atomic mass is 10.1. The summed E-state index contributed by atoms with van der Waals surface area (Å²) in [4.78, 5) is 39.6. The highest BCUT2D eigenvalue weighted by Gasteiger charge is 2.46. The zero-order valence-corrected chi connectivity index (χ0v) is 13.7. The number of methoxy groups -OCH3 is 1. The summed E-state index contributed by atoms with van der Waals surface area (Å²) in [6.07, 6.45) is -2.99. The zero-order valence-electron chi connectivity index (χ0n) is 12.8. The highest BCUT2D eigenvalue weighted by Crippen LogP contribution is 2.39. The van der Waals surface area contributed by atoms with Gasteiger partial charge in [-0.25, -0.2) is 9.55 Å². The average molecular weight is 377 g/mol. The minimum Gasteiger partial charge on any atom is -0.386 e. The number of ether oxygens (including phenoxy) is 2. The van der Waals surface area contributed by atoms with Crippen LogP contribution >= 0.6 is 7.82 Å². The van der Waals surface area contributed by atoms with Crippen molar-refractivity contribution in [3.8, 4) is 0 Å². The van der Waals surface area contributed by atoms with Gasteiger partial charge in [-0.2, -0.15) is 4.98 Å². The van der Waals surface area contributed by atoms with Gasteiger partial charge < -0.3 is 30.1 Å². The number of imidazole rings is 1. The third kappa shape index (κ3) is 3.43.